The van der Waals surface area contributed by atoms with Crippen molar-refractivity contribution >= 4 is 9.28 Å². The number of hydrogen-bond acceptors (Lipinski definition) is 2. The molecule has 0 radical (unpaired) electrons. The van der Waals surface area contributed by atoms with E-state index in [0.29, 0.717) is 0 Å². The molecule has 0 aliphatic heterocycles. The first-order valence-corrected chi connectivity index (χ1v) is 7.88. The first-order chi connectivity index (χ1) is 6.72. The van der Waals surface area contributed by atoms with Crippen LogP contribution in [0.5, 0.6) is 0 Å². The highest BCUT2D eigenvalue weighted by atomic mass is 28.3. The van der Waals surface area contributed by atoms with E-state index in [9.17, 15) is 0 Å². The van der Waals surface area contributed by atoms with Crippen molar-refractivity contribution in [1.82, 2.24) is 0 Å². The van der Waals surface area contributed by atoms with E-state index in [2.05, 4.69) is 13.8 Å². The Balaban J connectivity index is 0. The number of unbranched alkanes of at least 4 members (excludes halogenated alkanes) is 5. The summed E-state index contributed by atoms with van der Waals surface area (Å²) in [5.74, 6) is 0. The van der Waals surface area contributed by atoms with Crippen LogP contribution in [0.2, 0.25) is 6.55 Å². The molecule has 2 nitrogen and oxygen atoms in total. The molecule has 0 unspecified atom stereocenters. The lowest BCUT2D eigenvalue weighted by molar-refractivity contribution is 0.285. The zero-order valence-electron chi connectivity index (χ0n) is 10.6. The average molecular weight is 220 g/mol. The largest absolute Gasteiger partial charge is 0.400 e. The van der Waals surface area contributed by atoms with E-state index in [1.807, 2.05) is 6.55 Å². The minimum Gasteiger partial charge on any atom is -0.400 e. The van der Waals surface area contributed by atoms with Crippen LogP contribution < -0.4 is 0 Å². The van der Waals surface area contributed by atoms with Crippen LogP contribution >= 0.6 is 0 Å². The molecule has 0 saturated carbocycles. The average Bonchev–Trinajstić information content (AvgIpc) is 2.24. The van der Waals surface area contributed by atoms with E-state index < -0.39 is 9.28 Å². The maximum Gasteiger partial charge on any atom is 0.317 e. The van der Waals surface area contributed by atoms with Gasteiger partial charge in [0.15, 0.2) is 0 Å². The van der Waals surface area contributed by atoms with Crippen molar-refractivity contribution in [1.29, 1.82) is 0 Å². The van der Waals surface area contributed by atoms with Crippen molar-refractivity contribution in [3.05, 3.63) is 0 Å². The Labute approximate surface area is 91.8 Å². The van der Waals surface area contributed by atoms with Crippen LogP contribution in [0.15, 0.2) is 0 Å². The Morgan fingerprint density at radius 1 is 0.786 bits per heavy atom. The van der Waals surface area contributed by atoms with Crippen LogP contribution in [0, 0.1) is 0 Å². The molecule has 0 aromatic heterocycles. The highest BCUT2D eigenvalue weighted by Gasteiger charge is 1.94. The lowest BCUT2D eigenvalue weighted by Gasteiger charge is -2.00. The molecular formula is C11H28O2Si. The summed E-state index contributed by atoms with van der Waals surface area (Å²) in [5.41, 5.74) is 0. The molecule has 0 heterocycles. The molecule has 3 heteroatoms. The third-order valence-electron chi connectivity index (χ3n) is 2.12. The molecule has 0 aromatic rings. The van der Waals surface area contributed by atoms with E-state index in [1.54, 1.807) is 14.2 Å². The Morgan fingerprint density at radius 3 is 1.29 bits per heavy atom. The summed E-state index contributed by atoms with van der Waals surface area (Å²) < 4.78 is 9.63. The molecule has 0 saturated heterocycles. The van der Waals surface area contributed by atoms with E-state index in [0.717, 1.165) is 0 Å². The minimum atomic E-state index is -1.16. The van der Waals surface area contributed by atoms with Gasteiger partial charge in [0.25, 0.3) is 0 Å². The summed E-state index contributed by atoms with van der Waals surface area (Å²) in [5, 5.41) is 0. The summed E-state index contributed by atoms with van der Waals surface area (Å²) in [6.07, 6.45) is 8.49. The maximum absolute atomic E-state index is 4.82. The van der Waals surface area contributed by atoms with Gasteiger partial charge in [0.05, 0.1) is 0 Å². The number of hydrogen-bond donors (Lipinski definition) is 0. The van der Waals surface area contributed by atoms with Gasteiger partial charge in [-0.2, -0.15) is 0 Å². The summed E-state index contributed by atoms with van der Waals surface area (Å²) >= 11 is 0. The summed E-state index contributed by atoms with van der Waals surface area (Å²) in [6.45, 7) is 6.48. The van der Waals surface area contributed by atoms with Crippen LogP contribution in [-0.4, -0.2) is 23.5 Å². The van der Waals surface area contributed by atoms with Crippen LogP contribution in [0.25, 0.3) is 0 Å². The van der Waals surface area contributed by atoms with Crippen molar-refractivity contribution in [2.24, 2.45) is 0 Å². The summed E-state index contributed by atoms with van der Waals surface area (Å²) in [6, 6.07) is 0. The lowest BCUT2D eigenvalue weighted by Crippen LogP contribution is -2.12. The standard InChI is InChI=1S/C8H18.C3H10O2Si/c1-3-5-7-8-6-4-2;1-4-6(3)5-2/h3-8H2,1-2H3;6H,1-3H3. The molecule has 0 aromatic carbocycles. The van der Waals surface area contributed by atoms with Crippen molar-refractivity contribution in [2.75, 3.05) is 14.2 Å². The molecular weight excluding hydrogens is 192 g/mol. The molecule has 88 valence electrons. The Morgan fingerprint density at radius 2 is 1.14 bits per heavy atom. The first-order valence-electron chi connectivity index (χ1n) is 5.78. The van der Waals surface area contributed by atoms with Gasteiger partial charge in [-0.05, 0) is 6.55 Å². The Bertz CT molecular complexity index is 79.4. The second-order valence-corrected chi connectivity index (χ2v) is 5.53. The zero-order chi connectivity index (χ0) is 11.2. The van der Waals surface area contributed by atoms with Crippen molar-refractivity contribution < 1.29 is 8.85 Å². The third kappa shape index (κ3) is 18.0. The van der Waals surface area contributed by atoms with Crippen molar-refractivity contribution in [2.45, 2.75) is 58.9 Å². The molecule has 0 aliphatic carbocycles. The van der Waals surface area contributed by atoms with E-state index in [4.69, 9.17) is 8.85 Å². The van der Waals surface area contributed by atoms with E-state index in [-0.39, 0.29) is 0 Å². The molecule has 0 rings (SSSR count). The van der Waals surface area contributed by atoms with Gasteiger partial charge in [0.1, 0.15) is 0 Å². The van der Waals surface area contributed by atoms with E-state index >= 15 is 0 Å². The minimum absolute atomic E-state index is 1.16. The van der Waals surface area contributed by atoms with Crippen LogP contribution in [0.4, 0.5) is 0 Å². The molecule has 0 fully saturated rings. The third-order valence-corrected chi connectivity index (χ3v) is 3.45. The van der Waals surface area contributed by atoms with Gasteiger partial charge in [0, 0.05) is 14.2 Å². The Kier molecular flexibility index (Phi) is 18.5. The van der Waals surface area contributed by atoms with Gasteiger partial charge in [-0.1, -0.05) is 52.4 Å². The van der Waals surface area contributed by atoms with Crippen LogP contribution in [-0.2, 0) is 8.85 Å². The fourth-order valence-corrected chi connectivity index (χ4v) is 1.14. The van der Waals surface area contributed by atoms with Gasteiger partial charge in [0.2, 0.25) is 0 Å². The fourth-order valence-electron chi connectivity index (χ4n) is 0.950. The van der Waals surface area contributed by atoms with Crippen LogP contribution in [0.3, 0.4) is 0 Å². The first kappa shape index (κ1) is 16.6. The monoisotopic (exact) mass is 220 g/mol. The normalized spacial score (nSPS) is 9.86. The molecule has 0 aliphatic rings. The number of rotatable bonds is 7. The molecule has 0 bridgehead atoms. The van der Waals surface area contributed by atoms with E-state index in [1.165, 1.54) is 38.5 Å². The SMILES string of the molecule is CCCCCCCC.CO[SiH](C)OC. The summed E-state index contributed by atoms with van der Waals surface area (Å²) in [7, 11) is 2.17. The molecule has 0 spiro atoms. The van der Waals surface area contributed by atoms with Gasteiger partial charge in [-0.3, -0.25) is 0 Å². The molecule has 14 heavy (non-hydrogen) atoms. The quantitative estimate of drug-likeness (QED) is 0.483. The fraction of sp³-hybridized carbons (Fsp3) is 1.00. The summed E-state index contributed by atoms with van der Waals surface area (Å²) in [4.78, 5) is 0. The maximum atomic E-state index is 4.82. The van der Waals surface area contributed by atoms with Gasteiger partial charge >= 0.3 is 9.28 Å². The molecule has 0 N–H and O–H groups in total. The highest BCUT2D eigenvalue weighted by molar-refractivity contribution is 6.42. The van der Waals surface area contributed by atoms with Crippen molar-refractivity contribution in [3.63, 3.8) is 0 Å². The van der Waals surface area contributed by atoms with Crippen molar-refractivity contribution in [3.8, 4) is 0 Å². The Hall–Kier alpha value is 0.137. The van der Waals surface area contributed by atoms with Crippen LogP contribution in [0.1, 0.15) is 52.4 Å². The second kappa shape index (κ2) is 15.6. The highest BCUT2D eigenvalue weighted by Crippen LogP contribution is 2.03. The molecule has 0 amide bonds. The molecule has 0 atom stereocenters. The lowest BCUT2D eigenvalue weighted by atomic mass is 10.1. The predicted octanol–water partition coefficient (Wildman–Crippen LogP) is 3.50. The smallest absolute Gasteiger partial charge is 0.317 e. The second-order valence-electron chi connectivity index (χ2n) is 3.45. The predicted molar refractivity (Wildman–Crippen MR) is 66.1 cm³/mol. The van der Waals surface area contributed by atoms with Gasteiger partial charge < -0.3 is 8.85 Å². The zero-order valence-corrected chi connectivity index (χ0v) is 11.8. The van der Waals surface area contributed by atoms with Gasteiger partial charge in [-0.25, -0.2) is 0 Å². The topological polar surface area (TPSA) is 18.5 Å². The van der Waals surface area contributed by atoms with Gasteiger partial charge in [-0.15, -0.1) is 0 Å².